The van der Waals surface area contributed by atoms with Crippen molar-refractivity contribution in [3.05, 3.63) is 29.8 Å². The van der Waals surface area contributed by atoms with Crippen LogP contribution in [0.5, 0.6) is 5.75 Å². The highest BCUT2D eigenvalue weighted by Gasteiger charge is 2.14. The quantitative estimate of drug-likeness (QED) is 0.540. The SMILES string of the molecule is CCCCCCC(CCC)Oc1cccc(F)c1F. The summed E-state index contributed by atoms with van der Waals surface area (Å²) in [6, 6.07) is 4.08. The van der Waals surface area contributed by atoms with E-state index in [0.29, 0.717) is 0 Å². The predicted octanol–water partition coefficient (Wildman–Crippen LogP) is 5.48. The Kier molecular flexibility index (Phi) is 7.46. The summed E-state index contributed by atoms with van der Waals surface area (Å²) in [5, 5.41) is 0. The van der Waals surface area contributed by atoms with Crippen LogP contribution in [0, 0.1) is 11.6 Å². The smallest absolute Gasteiger partial charge is 0.200 e. The van der Waals surface area contributed by atoms with E-state index < -0.39 is 11.6 Å². The second kappa shape index (κ2) is 8.89. The fourth-order valence-corrected chi connectivity index (χ4v) is 2.14. The molecule has 108 valence electrons. The lowest BCUT2D eigenvalue weighted by Gasteiger charge is -2.19. The van der Waals surface area contributed by atoms with E-state index in [-0.39, 0.29) is 11.9 Å². The molecule has 1 nitrogen and oxygen atoms in total. The average Bonchev–Trinajstić information content (AvgIpc) is 2.40. The average molecular weight is 270 g/mol. The maximum Gasteiger partial charge on any atom is 0.200 e. The van der Waals surface area contributed by atoms with Crippen LogP contribution in [0.4, 0.5) is 8.78 Å². The number of unbranched alkanes of at least 4 members (excludes halogenated alkanes) is 3. The molecule has 1 rings (SSSR count). The maximum atomic E-state index is 13.5. The van der Waals surface area contributed by atoms with E-state index in [1.54, 1.807) is 0 Å². The van der Waals surface area contributed by atoms with Gasteiger partial charge in [0, 0.05) is 0 Å². The topological polar surface area (TPSA) is 9.23 Å². The van der Waals surface area contributed by atoms with E-state index in [2.05, 4.69) is 13.8 Å². The molecule has 0 heterocycles. The van der Waals surface area contributed by atoms with E-state index in [9.17, 15) is 8.78 Å². The minimum Gasteiger partial charge on any atom is -0.487 e. The monoisotopic (exact) mass is 270 g/mol. The first-order chi connectivity index (χ1) is 9.19. The van der Waals surface area contributed by atoms with Crippen molar-refractivity contribution < 1.29 is 13.5 Å². The molecule has 0 N–H and O–H groups in total. The van der Waals surface area contributed by atoms with Crippen molar-refractivity contribution in [3.63, 3.8) is 0 Å². The van der Waals surface area contributed by atoms with Gasteiger partial charge < -0.3 is 4.74 Å². The van der Waals surface area contributed by atoms with Gasteiger partial charge in [0.25, 0.3) is 0 Å². The highest BCUT2D eigenvalue weighted by Crippen LogP contribution is 2.23. The number of hydrogen-bond acceptors (Lipinski definition) is 1. The van der Waals surface area contributed by atoms with E-state index in [0.717, 1.165) is 31.7 Å². The molecule has 0 aliphatic carbocycles. The Morgan fingerprint density at radius 3 is 2.47 bits per heavy atom. The molecular weight excluding hydrogens is 246 g/mol. The minimum absolute atomic E-state index is 0.0156. The Balaban J connectivity index is 2.54. The second-order valence-electron chi connectivity index (χ2n) is 4.93. The lowest BCUT2D eigenvalue weighted by molar-refractivity contribution is 0.166. The van der Waals surface area contributed by atoms with Gasteiger partial charge in [0.15, 0.2) is 11.6 Å². The summed E-state index contributed by atoms with van der Waals surface area (Å²) >= 11 is 0. The third kappa shape index (κ3) is 5.58. The first-order valence-electron chi connectivity index (χ1n) is 7.29. The maximum absolute atomic E-state index is 13.5. The van der Waals surface area contributed by atoms with E-state index in [4.69, 9.17) is 4.74 Å². The van der Waals surface area contributed by atoms with Gasteiger partial charge in [0.1, 0.15) is 0 Å². The molecule has 3 heteroatoms. The van der Waals surface area contributed by atoms with Crippen LogP contribution in [0.1, 0.15) is 58.8 Å². The van der Waals surface area contributed by atoms with Crippen molar-refractivity contribution in [2.24, 2.45) is 0 Å². The Hall–Kier alpha value is -1.12. The Labute approximate surface area is 115 Å². The molecule has 1 aromatic rings. The molecule has 0 bridgehead atoms. The van der Waals surface area contributed by atoms with Crippen LogP contribution in [0.3, 0.4) is 0 Å². The number of hydrogen-bond donors (Lipinski definition) is 0. The Bertz CT molecular complexity index is 366. The fraction of sp³-hybridized carbons (Fsp3) is 0.625. The van der Waals surface area contributed by atoms with Gasteiger partial charge in [-0.1, -0.05) is 45.6 Å². The standard InChI is InChI=1S/C16H24F2O/c1-3-5-6-7-10-13(9-4-2)19-15-12-8-11-14(17)16(15)18/h8,11-13H,3-7,9-10H2,1-2H3. The second-order valence-corrected chi connectivity index (χ2v) is 4.93. The highest BCUT2D eigenvalue weighted by atomic mass is 19.2. The summed E-state index contributed by atoms with van der Waals surface area (Å²) < 4.78 is 32.3. The highest BCUT2D eigenvalue weighted by molar-refractivity contribution is 5.25. The third-order valence-electron chi connectivity index (χ3n) is 3.20. The largest absolute Gasteiger partial charge is 0.487 e. The molecule has 0 aliphatic rings. The van der Waals surface area contributed by atoms with Gasteiger partial charge in [0.2, 0.25) is 5.82 Å². The molecule has 0 aromatic heterocycles. The van der Waals surface area contributed by atoms with Gasteiger partial charge in [-0.2, -0.15) is 4.39 Å². The zero-order chi connectivity index (χ0) is 14.1. The fourth-order valence-electron chi connectivity index (χ4n) is 2.14. The zero-order valence-corrected chi connectivity index (χ0v) is 11.9. The lowest BCUT2D eigenvalue weighted by atomic mass is 10.1. The van der Waals surface area contributed by atoms with Crippen LogP contribution in [0.15, 0.2) is 18.2 Å². The summed E-state index contributed by atoms with van der Waals surface area (Å²) in [5.74, 6) is -1.69. The van der Waals surface area contributed by atoms with Crippen LogP contribution in [0.25, 0.3) is 0 Å². The van der Waals surface area contributed by atoms with Gasteiger partial charge in [-0.05, 0) is 31.4 Å². The van der Waals surface area contributed by atoms with E-state index in [1.807, 2.05) is 0 Å². The van der Waals surface area contributed by atoms with Gasteiger partial charge in [0.05, 0.1) is 6.10 Å². The minimum atomic E-state index is -0.878. The Morgan fingerprint density at radius 1 is 1.00 bits per heavy atom. The third-order valence-corrected chi connectivity index (χ3v) is 3.20. The van der Waals surface area contributed by atoms with Gasteiger partial charge in [-0.3, -0.25) is 0 Å². The Morgan fingerprint density at radius 2 is 1.79 bits per heavy atom. The van der Waals surface area contributed by atoms with Crippen LogP contribution in [0.2, 0.25) is 0 Å². The van der Waals surface area contributed by atoms with Crippen LogP contribution < -0.4 is 4.74 Å². The molecule has 0 amide bonds. The lowest BCUT2D eigenvalue weighted by Crippen LogP contribution is -2.17. The zero-order valence-electron chi connectivity index (χ0n) is 11.9. The number of rotatable bonds is 9. The molecule has 0 fully saturated rings. The van der Waals surface area contributed by atoms with Crippen molar-refractivity contribution >= 4 is 0 Å². The molecule has 19 heavy (non-hydrogen) atoms. The van der Waals surface area contributed by atoms with Crippen molar-refractivity contribution in [2.45, 2.75) is 64.9 Å². The first kappa shape index (κ1) is 15.9. The summed E-state index contributed by atoms with van der Waals surface area (Å²) in [6.07, 6.45) is 7.41. The number of halogens is 2. The normalized spacial score (nSPS) is 12.4. The molecule has 0 radical (unpaired) electrons. The summed E-state index contributed by atoms with van der Waals surface area (Å²) in [7, 11) is 0. The van der Waals surface area contributed by atoms with Gasteiger partial charge in [-0.15, -0.1) is 0 Å². The predicted molar refractivity (Wildman–Crippen MR) is 74.4 cm³/mol. The van der Waals surface area contributed by atoms with Crippen molar-refractivity contribution in [1.29, 1.82) is 0 Å². The molecule has 0 saturated heterocycles. The van der Waals surface area contributed by atoms with Crippen LogP contribution in [-0.4, -0.2) is 6.10 Å². The van der Waals surface area contributed by atoms with E-state index >= 15 is 0 Å². The van der Waals surface area contributed by atoms with Crippen LogP contribution >= 0.6 is 0 Å². The van der Waals surface area contributed by atoms with Gasteiger partial charge >= 0.3 is 0 Å². The van der Waals surface area contributed by atoms with Crippen molar-refractivity contribution in [3.8, 4) is 5.75 Å². The summed E-state index contributed by atoms with van der Waals surface area (Å²) in [6.45, 7) is 4.24. The molecule has 1 unspecified atom stereocenters. The molecule has 0 saturated carbocycles. The van der Waals surface area contributed by atoms with Gasteiger partial charge in [-0.25, -0.2) is 4.39 Å². The van der Waals surface area contributed by atoms with Crippen molar-refractivity contribution in [1.82, 2.24) is 0 Å². The number of ether oxygens (including phenoxy) is 1. The molecule has 1 aromatic carbocycles. The first-order valence-corrected chi connectivity index (χ1v) is 7.29. The molecule has 0 spiro atoms. The van der Waals surface area contributed by atoms with Crippen molar-refractivity contribution in [2.75, 3.05) is 0 Å². The number of benzene rings is 1. The summed E-state index contributed by atoms with van der Waals surface area (Å²) in [4.78, 5) is 0. The molecule has 1 atom stereocenters. The molecule has 0 aliphatic heterocycles. The summed E-state index contributed by atoms with van der Waals surface area (Å²) in [5.41, 5.74) is 0. The molecular formula is C16H24F2O. The van der Waals surface area contributed by atoms with Crippen LogP contribution in [-0.2, 0) is 0 Å². The van der Waals surface area contributed by atoms with E-state index in [1.165, 1.54) is 31.4 Å².